The van der Waals surface area contributed by atoms with E-state index >= 15 is 0 Å². The topological polar surface area (TPSA) is 59.2 Å². The quantitative estimate of drug-likeness (QED) is 0.931. The molecule has 0 spiro atoms. The first-order valence-corrected chi connectivity index (χ1v) is 6.55. The summed E-state index contributed by atoms with van der Waals surface area (Å²) in [5.74, 6) is -0.0732. The average molecular weight is 269 g/mol. The molecule has 2 aromatic rings. The van der Waals surface area contributed by atoms with Gasteiger partial charge in [0, 0.05) is 25.0 Å². The zero-order valence-corrected chi connectivity index (χ0v) is 12.1. The molecule has 0 aliphatic rings. The van der Waals surface area contributed by atoms with E-state index in [1.165, 1.54) is 0 Å². The number of carbonyl (C=O) groups excluding carboxylic acids is 1. The lowest BCUT2D eigenvalue weighted by molar-refractivity contribution is 0.0992. The van der Waals surface area contributed by atoms with Gasteiger partial charge >= 0.3 is 0 Å². The summed E-state index contributed by atoms with van der Waals surface area (Å²) in [5, 5.41) is 0. The van der Waals surface area contributed by atoms with Crippen molar-refractivity contribution < 1.29 is 4.79 Å². The minimum Gasteiger partial charge on any atom is -0.326 e. The minimum absolute atomic E-state index is 0.0732. The fourth-order valence-corrected chi connectivity index (χ4v) is 2.21. The molecule has 4 nitrogen and oxygen atoms in total. The summed E-state index contributed by atoms with van der Waals surface area (Å²) in [6.45, 7) is 4.16. The number of hydrogen-bond donors (Lipinski definition) is 1. The lowest BCUT2D eigenvalue weighted by Crippen LogP contribution is -2.28. The highest BCUT2D eigenvalue weighted by atomic mass is 16.2. The number of para-hydroxylation sites is 1. The minimum atomic E-state index is -0.0732. The van der Waals surface area contributed by atoms with Crippen molar-refractivity contribution in [2.24, 2.45) is 5.73 Å². The highest BCUT2D eigenvalue weighted by Crippen LogP contribution is 2.21. The predicted molar refractivity (Wildman–Crippen MR) is 80.8 cm³/mol. The van der Waals surface area contributed by atoms with E-state index in [0.29, 0.717) is 12.1 Å². The Kier molecular flexibility index (Phi) is 4.15. The second kappa shape index (κ2) is 5.84. The van der Waals surface area contributed by atoms with Crippen LogP contribution in [0.15, 0.2) is 36.4 Å². The molecule has 2 N–H and O–H groups in total. The van der Waals surface area contributed by atoms with Crippen LogP contribution in [0.2, 0.25) is 0 Å². The van der Waals surface area contributed by atoms with Crippen molar-refractivity contribution >= 4 is 11.6 Å². The smallest absolute Gasteiger partial charge is 0.259 e. The van der Waals surface area contributed by atoms with Crippen LogP contribution >= 0.6 is 0 Å². The molecule has 0 saturated carbocycles. The Morgan fingerprint density at radius 1 is 1.20 bits per heavy atom. The lowest BCUT2D eigenvalue weighted by atomic mass is 10.1. The second-order valence-corrected chi connectivity index (χ2v) is 4.78. The zero-order valence-electron chi connectivity index (χ0n) is 12.1. The largest absolute Gasteiger partial charge is 0.326 e. The molecule has 0 radical (unpaired) electrons. The Morgan fingerprint density at radius 3 is 2.55 bits per heavy atom. The van der Waals surface area contributed by atoms with Crippen LogP contribution in [0, 0.1) is 13.8 Å². The van der Waals surface area contributed by atoms with Crippen LogP contribution < -0.4 is 10.6 Å². The molecule has 4 heteroatoms. The van der Waals surface area contributed by atoms with Crippen molar-refractivity contribution in [3.8, 4) is 0 Å². The van der Waals surface area contributed by atoms with Gasteiger partial charge in [0.1, 0.15) is 0 Å². The summed E-state index contributed by atoms with van der Waals surface area (Å²) in [6, 6.07) is 11.3. The Bertz CT molecular complexity index is 637. The number of hydrogen-bond acceptors (Lipinski definition) is 3. The third-order valence-corrected chi connectivity index (χ3v) is 3.33. The fourth-order valence-electron chi connectivity index (χ4n) is 2.21. The molecule has 0 aliphatic carbocycles. The molecule has 0 bridgehead atoms. The van der Waals surface area contributed by atoms with Gasteiger partial charge < -0.3 is 10.6 Å². The molecule has 2 rings (SSSR count). The SMILES string of the molecule is Cc1ccc(C(=O)N(C)c2ccccc2CN)c(C)n1. The number of pyridine rings is 1. The Hall–Kier alpha value is -2.20. The number of aromatic nitrogens is 1. The molecule has 20 heavy (non-hydrogen) atoms. The number of nitrogens with two attached hydrogens (primary N) is 1. The molecular formula is C16H19N3O. The van der Waals surface area contributed by atoms with Gasteiger partial charge in [-0.2, -0.15) is 0 Å². The van der Waals surface area contributed by atoms with Gasteiger partial charge in [0.25, 0.3) is 5.91 Å². The summed E-state index contributed by atoms with van der Waals surface area (Å²) in [6.07, 6.45) is 0. The van der Waals surface area contributed by atoms with Crippen molar-refractivity contribution in [1.29, 1.82) is 0 Å². The number of aryl methyl sites for hydroxylation is 2. The van der Waals surface area contributed by atoms with Crippen molar-refractivity contribution in [3.05, 3.63) is 58.9 Å². The van der Waals surface area contributed by atoms with Gasteiger partial charge in [-0.1, -0.05) is 18.2 Å². The van der Waals surface area contributed by atoms with Crippen LogP contribution in [-0.2, 0) is 6.54 Å². The maximum absolute atomic E-state index is 12.6. The van der Waals surface area contributed by atoms with Crippen LogP contribution in [0.25, 0.3) is 0 Å². The van der Waals surface area contributed by atoms with E-state index in [4.69, 9.17) is 5.73 Å². The Balaban J connectivity index is 2.37. The summed E-state index contributed by atoms with van der Waals surface area (Å²) < 4.78 is 0. The maximum Gasteiger partial charge on any atom is 0.259 e. The van der Waals surface area contributed by atoms with Crippen molar-refractivity contribution in [2.75, 3.05) is 11.9 Å². The predicted octanol–water partition coefficient (Wildman–Crippen LogP) is 2.43. The molecule has 104 valence electrons. The third kappa shape index (κ3) is 2.70. The van der Waals surface area contributed by atoms with Gasteiger partial charge in [0.05, 0.1) is 11.3 Å². The average Bonchev–Trinajstić information content (AvgIpc) is 2.45. The standard InChI is InChI=1S/C16H19N3O/c1-11-8-9-14(12(2)18-11)16(20)19(3)15-7-5-4-6-13(15)10-17/h4-9H,10,17H2,1-3H3. The molecule has 0 saturated heterocycles. The second-order valence-electron chi connectivity index (χ2n) is 4.78. The number of amides is 1. The van der Waals surface area contributed by atoms with Crippen LogP contribution in [0.1, 0.15) is 27.3 Å². The molecular weight excluding hydrogens is 250 g/mol. The highest BCUT2D eigenvalue weighted by Gasteiger charge is 2.18. The van der Waals surface area contributed by atoms with E-state index in [9.17, 15) is 4.79 Å². The van der Waals surface area contributed by atoms with Crippen LogP contribution in [0.5, 0.6) is 0 Å². The van der Waals surface area contributed by atoms with Gasteiger partial charge in [-0.15, -0.1) is 0 Å². The summed E-state index contributed by atoms with van der Waals surface area (Å²) in [4.78, 5) is 18.6. The zero-order chi connectivity index (χ0) is 14.7. The molecule has 0 fully saturated rings. The first kappa shape index (κ1) is 14.2. The van der Waals surface area contributed by atoms with Gasteiger partial charge in [-0.05, 0) is 37.6 Å². The lowest BCUT2D eigenvalue weighted by Gasteiger charge is -2.21. The number of benzene rings is 1. The summed E-state index contributed by atoms with van der Waals surface area (Å²) >= 11 is 0. The van der Waals surface area contributed by atoms with Crippen LogP contribution in [-0.4, -0.2) is 17.9 Å². The van der Waals surface area contributed by atoms with Gasteiger partial charge in [0.2, 0.25) is 0 Å². The van der Waals surface area contributed by atoms with E-state index in [-0.39, 0.29) is 5.91 Å². The van der Waals surface area contributed by atoms with E-state index < -0.39 is 0 Å². The molecule has 0 aliphatic heterocycles. The number of nitrogens with zero attached hydrogens (tertiary/aromatic N) is 2. The first-order chi connectivity index (χ1) is 9.54. The van der Waals surface area contributed by atoms with E-state index in [1.807, 2.05) is 50.2 Å². The fraction of sp³-hybridized carbons (Fsp3) is 0.250. The normalized spacial score (nSPS) is 10.4. The van der Waals surface area contributed by atoms with E-state index in [1.54, 1.807) is 11.9 Å². The highest BCUT2D eigenvalue weighted by molar-refractivity contribution is 6.06. The summed E-state index contributed by atoms with van der Waals surface area (Å²) in [7, 11) is 1.76. The van der Waals surface area contributed by atoms with Crippen molar-refractivity contribution in [1.82, 2.24) is 4.98 Å². The Labute approximate surface area is 119 Å². The molecule has 0 unspecified atom stereocenters. The van der Waals surface area contributed by atoms with Gasteiger partial charge in [0.15, 0.2) is 0 Å². The third-order valence-electron chi connectivity index (χ3n) is 3.33. The molecule has 1 heterocycles. The molecule has 1 aromatic heterocycles. The molecule has 1 amide bonds. The first-order valence-electron chi connectivity index (χ1n) is 6.55. The summed E-state index contributed by atoms with van der Waals surface area (Å²) in [5.41, 5.74) is 9.77. The van der Waals surface area contributed by atoms with Crippen molar-refractivity contribution in [2.45, 2.75) is 20.4 Å². The van der Waals surface area contributed by atoms with Gasteiger partial charge in [-0.3, -0.25) is 9.78 Å². The number of rotatable bonds is 3. The number of carbonyl (C=O) groups is 1. The number of anilines is 1. The molecule has 1 aromatic carbocycles. The van der Waals surface area contributed by atoms with E-state index in [0.717, 1.165) is 22.6 Å². The monoisotopic (exact) mass is 269 g/mol. The van der Waals surface area contributed by atoms with E-state index in [2.05, 4.69) is 4.98 Å². The molecule has 0 atom stereocenters. The van der Waals surface area contributed by atoms with Crippen molar-refractivity contribution in [3.63, 3.8) is 0 Å². The van der Waals surface area contributed by atoms with Gasteiger partial charge in [-0.25, -0.2) is 0 Å². The Morgan fingerprint density at radius 2 is 1.90 bits per heavy atom. The van der Waals surface area contributed by atoms with Crippen LogP contribution in [0.4, 0.5) is 5.69 Å². The maximum atomic E-state index is 12.6. The van der Waals surface area contributed by atoms with Crippen LogP contribution in [0.3, 0.4) is 0 Å².